The van der Waals surface area contributed by atoms with Crippen molar-refractivity contribution in [1.29, 1.82) is 0 Å². The number of nitrogens with zero attached hydrogens (tertiary/aromatic N) is 1. The Morgan fingerprint density at radius 1 is 0.302 bits per heavy atom. The first-order chi connectivity index (χ1) is 26.0. The van der Waals surface area contributed by atoms with E-state index in [0.717, 1.165) is 57.2 Å². The summed E-state index contributed by atoms with van der Waals surface area (Å²) in [7, 11) is 0. The molecule has 0 N–H and O–H groups in total. The average Bonchev–Trinajstić information content (AvgIpc) is 3.77. The van der Waals surface area contributed by atoms with Gasteiger partial charge in [-0.2, -0.15) is 0 Å². The first kappa shape index (κ1) is 31.9. The molecule has 244 valence electrons. The summed E-state index contributed by atoms with van der Waals surface area (Å²) in [5.41, 5.74) is 22.2. The summed E-state index contributed by atoms with van der Waals surface area (Å²) < 4.78 is 0.178. The normalized spacial score (nSPS) is 14.5. The molecule has 0 atom stereocenters. The van der Waals surface area contributed by atoms with E-state index < -0.39 is 0 Å². The average molecular weight is 1060 g/mol. The predicted octanol–water partition coefficient (Wildman–Crippen LogP) is 11.7. The van der Waals surface area contributed by atoms with Gasteiger partial charge in [-0.05, 0) is 0 Å². The molecule has 3 heteroatoms. The van der Waals surface area contributed by atoms with Gasteiger partial charge in [0.1, 0.15) is 0 Å². The van der Waals surface area contributed by atoms with Gasteiger partial charge in [0.2, 0.25) is 0 Å². The minimum atomic E-state index is -0.349. The maximum absolute atomic E-state index is 2.51. The van der Waals surface area contributed by atoms with Gasteiger partial charge >= 0.3 is 303 Å². The summed E-state index contributed by atoms with van der Waals surface area (Å²) in [5.74, 6) is 0. The third kappa shape index (κ3) is 4.50. The molecule has 0 saturated heterocycles. The van der Waals surface area contributed by atoms with Gasteiger partial charge < -0.3 is 0 Å². The molecule has 0 aliphatic heterocycles. The molecule has 0 unspecified atom stereocenters. The van der Waals surface area contributed by atoms with Gasteiger partial charge in [0.25, 0.3) is 0 Å². The third-order valence-corrected chi connectivity index (χ3v) is 15.9. The zero-order valence-corrected chi connectivity index (χ0v) is 36.6. The van der Waals surface area contributed by atoms with E-state index >= 15 is 0 Å². The van der Waals surface area contributed by atoms with Crippen LogP contribution in [0.15, 0.2) is 188 Å². The molecular weight excluding hydrogens is 1030 g/mol. The first-order valence-corrected chi connectivity index (χ1v) is 22.1. The van der Waals surface area contributed by atoms with E-state index in [2.05, 4.69) is 193 Å². The Bertz CT molecular complexity index is 2720. The Hall–Kier alpha value is -4.60. The SMILES string of the molecule is [Pb][C]1([Pb])c2ccccc2-c2ccc(N(c3ccc(-c4ccccc4)cc3)c3ccc4c(c3)-c3ccccc3C43c4ccccc4-c4ccccc43)cc21. The van der Waals surface area contributed by atoms with Crippen LogP contribution in [0.2, 0.25) is 0 Å². The number of hydrogen-bond acceptors (Lipinski definition) is 1. The van der Waals surface area contributed by atoms with Crippen LogP contribution in [0.4, 0.5) is 17.1 Å². The second-order valence-electron chi connectivity index (χ2n) is 14.4. The van der Waals surface area contributed by atoms with Gasteiger partial charge in [0.05, 0.1) is 0 Å². The molecule has 11 rings (SSSR count). The van der Waals surface area contributed by atoms with Crippen molar-refractivity contribution in [3.63, 3.8) is 0 Å². The fourth-order valence-electron chi connectivity index (χ4n) is 9.51. The van der Waals surface area contributed by atoms with Crippen LogP contribution in [-0.2, 0) is 5.95 Å². The third-order valence-electron chi connectivity index (χ3n) is 11.8. The number of fused-ring (bicyclic) bond motifs is 13. The van der Waals surface area contributed by atoms with Crippen LogP contribution >= 0.6 is 0 Å². The number of rotatable bonds is 4. The fourth-order valence-corrected chi connectivity index (χ4v) is 12.8. The molecule has 8 aromatic carbocycles. The summed E-state index contributed by atoms with van der Waals surface area (Å²) in [6.07, 6.45) is 0. The molecule has 0 bridgehead atoms. The van der Waals surface area contributed by atoms with E-state index in [4.69, 9.17) is 0 Å². The molecule has 8 aromatic rings. The second kappa shape index (κ2) is 12.0. The van der Waals surface area contributed by atoms with Gasteiger partial charge in [0, 0.05) is 0 Å². The van der Waals surface area contributed by atoms with Crippen LogP contribution in [0.5, 0.6) is 0 Å². The van der Waals surface area contributed by atoms with Crippen molar-refractivity contribution >= 4 is 68.6 Å². The molecule has 0 heterocycles. The summed E-state index contributed by atoms with van der Waals surface area (Å²) in [4.78, 5) is 2.49. The summed E-state index contributed by atoms with van der Waals surface area (Å²) in [5, 5.41) is 0. The topological polar surface area (TPSA) is 3.24 Å². The number of anilines is 3. The maximum atomic E-state index is 2.51. The zero-order chi connectivity index (χ0) is 35.3. The van der Waals surface area contributed by atoms with Gasteiger partial charge in [0.15, 0.2) is 0 Å². The van der Waals surface area contributed by atoms with Crippen LogP contribution in [0.3, 0.4) is 0 Å². The Balaban J connectivity index is 1.13. The molecule has 6 radical (unpaired) electrons. The second-order valence-corrected chi connectivity index (χ2v) is 27.8. The Labute approximate surface area is 342 Å². The van der Waals surface area contributed by atoms with E-state index in [-0.39, 0.29) is 5.95 Å². The molecular formula is C50H31NPb2. The Morgan fingerprint density at radius 2 is 0.717 bits per heavy atom. The van der Waals surface area contributed by atoms with Crippen LogP contribution in [0.1, 0.15) is 33.4 Å². The van der Waals surface area contributed by atoms with E-state index in [1.54, 1.807) is 0 Å². The number of hydrogen-bond donors (Lipinski definition) is 0. The molecule has 53 heavy (non-hydrogen) atoms. The summed E-state index contributed by atoms with van der Waals surface area (Å²) >= 11 is 2.17. The van der Waals surface area contributed by atoms with Crippen molar-refractivity contribution in [3.05, 3.63) is 221 Å². The first-order valence-electron chi connectivity index (χ1n) is 18.2. The molecule has 0 fully saturated rings. The molecule has 0 aromatic heterocycles. The van der Waals surface area contributed by atoms with E-state index in [9.17, 15) is 0 Å². The van der Waals surface area contributed by atoms with E-state index in [0.29, 0.717) is 0 Å². The molecule has 3 aliphatic carbocycles. The quantitative estimate of drug-likeness (QED) is 0.159. The van der Waals surface area contributed by atoms with Crippen LogP contribution in [0.25, 0.3) is 44.5 Å². The van der Waals surface area contributed by atoms with Crippen molar-refractivity contribution in [3.8, 4) is 44.5 Å². The van der Waals surface area contributed by atoms with Crippen LogP contribution < -0.4 is 4.90 Å². The Morgan fingerprint density at radius 3 is 1.34 bits per heavy atom. The fraction of sp³-hybridized carbons (Fsp3) is 0.0400. The van der Waals surface area contributed by atoms with Crippen molar-refractivity contribution in [2.45, 2.75) is 5.95 Å². The minimum absolute atomic E-state index is 0.178. The monoisotopic (exact) mass is 1060 g/mol. The molecule has 1 spiro atoms. The van der Waals surface area contributed by atoms with E-state index in [1.165, 1.54) is 89.3 Å². The van der Waals surface area contributed by atoms with Crippen molar-refractivity contribution in [2.24, 2.45) is 0 Å². The molecule has 3 aliphatic rings. The molecule has 0 amide bonds. The van der Waals surface area contributed by atoms with Gasteiger partial charge in [-0.15, -0.1) is 0 Å². The van der Waals surface area contributed by atoms with Gasteiger partial charge in [-0.1, -0.05) is 42.5 Å². The van der Waals surface area contributed by atoms with Crippen molar-refractivity contribution < 1.29 is 0 Å². The standard InChI is InChI=1S/C50H31N.2Pb/c1-2-12-33(13-3-1)34-22-24-37(25-23-34)51(38-26-28-41-36(31-38)30-35-14-4-5-15-40(35)41)39-27-29-49-45(32-39)44-18-8-11-21-48(44)50(49)46-19-9-6-16-42(46)43-17-7-10-20-47(43)50;;/h1-29,31-32H;;. The van der Waals surface area contributed by atoms with Crippen molar-refractivity contribution in [2.75, 3.05) is 4.90 Å². The Kier molecular flexibility index (Phi) is 7.19. The van der Waals surface area contributed by atoms with Crippen LogP contribution in [-0.4, -0.2) is 51.5 Å². The van der Waals surface area contributed by atoms with Gasteiger partial charge in [-0.3, -0.25) is 0 Å². The zero-order valence-electron chi connectivity index (χ0n) is 28.8. The summed E-state index contributed by atoms with van der Waals surface area (Å²) in [6, 6.07) is 70.6. The summed E-state index contributed by atoms with van der Waals surface area (Å²) in [6.45, 7) is 0. The predicted molar refractivity (Wildman–Crippen MR) is 221 cm³/mol. The number of benzene rings is 8. The van der Waals surface area contributed by atoms with Gasteiger partial charge in [-0.25, -0.2) is 0 Å². The van der Waals surface area contributed by atoms with Crippen molar-refractivity contribution in [1.82, 2.24) is 0 Å². The molecule has 1 nitrogen and oxygen atoms in total. The van der Waals surface area contributed by atoms with E-state index in [1.807, 2.05) is 0 Å². The van der Waals surface area contributed by atoms with Crippen LogP contribution in [0, 0.1) is 0 Å². The molecule has 0 saturated carbocycles.